The second-order valence-corrected chi connectivity index (χ2v) is 16.9. The third kappa shape index (κ3) is 3.30. The zero-order valence-electron chi connectivity index (χ0n) is 28.7. The van der Waals surface area contributed by atoms with E-state index < -0.39 is 0 Å². The maximum Gasteiger partial charge on any atom is 0.0804 e. The van der Waals surface area contributed by atoms with Crippen molar-refractivity contribution in [3.8, 4) is 22.3 Å². The fourth-order valence-electron chi connectivity index (χ4n) is 9.97. The van der Waals surface area contributed by atoms with Crippen LogP contribution in [-0.2, 0) is 0 Å². The molecule has 0 radical (unpaired) electrons. The highest BCUT2D eigenvalue weighted by Gasteiger charge is 2.26. The molecule has 0 atom stereocenters. The summed E-state index contributed by atoms with van der Waals surface area (Å²) in [6.07, 6.45) is 0. The molecule has 4 heteroatoms. The maximum absolute atomic E-state index is 2.58. The molecular weight excluding hydrogens is 693 g/mol. The Balaban J connectivity index is 1.09. The van der Waals surface area contributed by atoms with Crippen molar-refractivity contribution in [2.75, 3.05) is 0 Å². The molecule has 0 amide bonds. The van der Waals surface area contributed by atoms with E-state index in [0.29, 0.717) is 0 Å². The summed E-state index contributed by atoms with van der Waals surface area (Å²) in [7, 11) is 0. The van der Waals surface area contributed by atoms with Gasteiger partial charge in [-0.2, -0.15) is 0 Å². The molecule has 14 aromatic rings. The van der Waals surface area contributed by atoms with Crippen LogP contribution in [0.3, 0.4) is 0 Å². The minimum Gasteiger partial charge on any atom is -0.306 e. The minimum absolute atomic E-state index is 1.26. The fraction of sp³-hybridized carbons (Fsp3) is 0. The zero-order chi connectivity index (χ0) is 34.8. The highest BCUT2D eigenvalue weighted by molar-refractivity contribution is 7.26. The van der Waals surface area contributed by atoms with Crippen LogP contribution in [0.5, 0.6) is 0 Å². The lowest BCUT2D eigenvalue weighted by molar-refractivity contribution is 1.37. The largest absolute Gasteiger partial charge is 0.306 e. The summed E-state index contributed by atoms with van der Waals surface area (Å²) in [4.78, 5) is 0. The third-order valence-corrected chi connectivity index (χ3v) is 14.6. The van der Waals surface area contributed by atoms with Crippen LogP contribution in [0.4, 0.5) is 0 Å². The molecule has 6 heterocycles. The Morgan fingerprint density at radius 2 is 0.704 bits per heavy atom. The molecule has 0 aliphatic heterocycles. The second kappa shape index (κ2) is 9.74. The van der Waals surface area contributed by atoms with Gasteiger partial charge in [-0.1, -0.05) is 133 Å². The summed E-state index contributed by atoms with van der Waals surface area (Å²) < 4.78 is 10.5. The molecule has 248 valence electrons. The number of aromatic nitrogens is 2. The van der Waals surface area contributed by atoms with Gasteiger partial charge in [-0.05, 0) is 46.5 Å². The van der Waals surface area contributed by atoms with Gasteiger partial charge in [0.2, 0.25) is 0 Å². The molecule has 14 rings (SSSR count). The van der Waals surface area contributed by atoms with Gasteiger partial charge >= 0.3 is 0 Å². The molecule has 0 saturated carbocycles. The second-order valence-electron chi connectivity index (χ2n) is 14.8. The van der Waals surface area contributed by atoms with Gasteiger partial charge in [0, 0.05) is 72.7 Å². The average Bonchev–Trinajstić information content (AvgIpc) is 4.06. The monoisotopic (exact) mass is 718 g/mol. The first-order chi connectivity index (χ1) is 26.8. The molecule has 54 heavy (non-hydrogen) atoms. The van der Waals surface area contributed by atoms with Gasteiger partial charge in [0.25, 0.3) is 0 Å². The quantitative estimate of drug-likeness (QED) is 0.168. The van der Waals surface area contributed by atoms with Gasteiger partial charge in [0.05, 0.1) is 33.1 Å². The van der Waals surface area contributed by atoms with E-state index in [4.69, 9.17) is 0 Å². The van der Waals surface area contributed by atoms with E-state index in [1.54, 1.807) is 0 Å². The summed E-state index contributed by atoms with van der Waals surface area (Å²) >= 11 is 3.80. The van der Waals surface area contributed by atoms with E-state index in [-0.39, 0.29) is 0 Å². The molecule has 0 spiro atoms. The highest BCUT2D eigenvalue weighted by atomic mass is 32.1. The Hall–Kier alpha value is -6.46. The summed E-state index contributed by atoms with van der Waals surface area (Å²) in [6.45, 7) is 0. The van der Waals surface area contributed by atoms with Gasteiger partial charge < -0.3 is 8.80 Å². The fourth-order valence-corrected chi connectivity index (χ4v) is 12.4. The first-order valence-corrected chi connectivity index (χ1v) is 20.1. The minimum atomic E-state index is 1.26. The Morgan fingerprint density at radius 3 is 1.20 bits per heavy atom. The van der Waals surface area contributed by atoms with Gasteiger partial charge in [-0.15, -0.1) is 22.7 Å². The number of hydrogen-bond donors (Lipinski definition) is 0. The molecule has 0 bridgehead atoms. The SMILES string of the molecule is c1ccc2c(c1)sc1c(-c3ccc4c5cccc6c5n(c4c3)c3c4cccc5c7ccc(-c8cccc9c8sc8ccccc89)cc7n(c54)c63)cccc12. The lowest BCUT2D eigenvalue weighted by Crippen LogP contribution is -1.84. The summed E-state index contributed by atoms with van der Waals surface area (Å²) in [5.74, 6) is 0. The van der Waals surface area contributed by atoms with Crippen LogP contribution < -0.4 is 0 Å². The van der Waals surface area contributed by atoms with E-state index in [2.05, 4.69) is 167 Å². The maximum atomic E-state index is 2.58. The molecule has 6 aromatic heterocycles. The van der Waals surface area contributed by atoms with Crippen LogP contribution in [0.2, 0.25) is 0 Å². The number of hydrogen-bond acceptors (Lipinski definition) is 2. The van der Waals surface area contributed by atoms with Crippen molar-refractivity contribution in [2.24, 2.45) is 0 Å². The smallest absolute Gasteiger partial charge is 0.0804 e. The Bertz CT molecular complexity index is 3650. The van der Waals surface area contributed by atoms with Gasteiger partial charge in [-0.3, -0.25) is 0 Å². The number of thiophene rings is 2. The van der Waals surface area contributed by atoms with E-state index in [9.17, 15) is 0 Å². The van der Waals surface area contributed by atoms with Gasteiger partial charge in [0.1, 0.15) is 0 Å². The van der Waals surface area contributed by atoms with E-state index >= 15 is 0 Å². The third-order valence-electron chi connectivity index (χ3n) is 12.2. The Kier molecular flexibility index (Phi) is 5.07. The molecule has 0 saturated heterocycles. The average molecular weight is 719 g/mol. The lowest BCUT2D eigenvalue weighted by atomic mass is 10.0. The predicted molar refractivity (Wildman–Crippen MR) is 235 cm³/mol. The van der Waals surface area contributed by atoms with Crippen molar-refractivity contribution < 1.29 is 0 Å². The van der Waals surface area contributed by atoms with Crippen LogP contribution in [0.1, 0.15) is 0 Å². The molecule has 8 aromatic carbocycles. The van der Waals surface area contributed by atoms with Crippen LogP contribution in [0.25, 0.3) is 128 Å². The first kappa shape index (κ1) is 28.1. The van der Waals surface area contributed by atoms with E-state index in [0.717, 1.165) is 0 Å². The van der Waals surface area contributed by atoms with E-state index in [1.807, 2.05) is 22.7 Å². The van der Waals surface area contributed by atoms with Crippen molar-refractivity contribution in [2.45, 2.75) is 0 Å². The van der Waals surface area contributed by atoms with E-state index in [1.165, 1.54) is 128 Å². The highest BCUT2D eigenvalue weighted by Crippen LogP contribution is 2.49. The Morgan fingerprint density at radius 1 is 0.296 bits per heavy atom. The molecule has 0 fully saturated rings. The first-order valence-electron chi connectivity index (χ1n) is 18.5. The summed E-state index contributed by atoms with van der Waals surface area (Å²) in [5, 5.41) is 13.2. The van der Waals surface area contributed by atoms with Gasteiger partial charge in [0.15, 0.2) is 0 Å². The molecule has 2 nitrogen and oxygen atoms in total. The summed E-state index contributed by atoms with van der Waals surface area (Å²) in [6, 6.07) is 59.3. The van der Waals surface area contributed by atoms with Crippen molar-refractivity contribution in [1.29, 1.82) is 0 Å². The number of nitrogens with zero attached hydrogens (tertiary/aromatic N) is 2. The number of rotatable bonds is 2. The van der Waals surface area contributed by atoms with Crippen molar-refractivity contribution in [3.05, 3.63) is 158 Å². The van der Waals surface area contributed by atoms with Crippen molar-refractivity contribution >= 4 is 128 Å². The predicted octanol–water partition coefficient (Wildman–Crippen LogP) is 14.9. The topological polar surface area (TPSA) is 8.82 Å². The molecule has 0 aliphatic rings. The summed E-state index contributed by atoms with van der Waals surface area (Å²) in [5.41, 5.74) is 12.9. The lowest BCUT2D eigenvalue weighted by Gasteiger charge is -2.06. The number of fused-ring (bicyclic) bond motifs is 17. The molecular formula is C50H26N2S2. The molecule has 0 N–H and O–H groups in total. The van der Waals surface area contributed by atoms with Gasteiger partial charge in [-0.25, -0.2) is 0 Å². The Labute approximate surface area is 315 Å². The van der Waals surface area contributed by atoms with Crippen LogP contribution in [0, 0.1) is 0 Å². The normalized spacial score (nSPS) is 12.8. The number of benzene rings is 8. The van der Waals surface area contributed by atoms with Crippen molar-refractivity contribution in [3.63, 3.8) is 0 Å². The van der Waals surface area contributed by atoms with Crippen LogP contribution in [-0.4, -0.2) is 8.80 Å². The molecule has 0 unspecified atom stereocenters. The molecule has 0 aliphatic carbocycles. The zero-order valence-corrected chi connectivity index (χ0v) is 30.4. The van der Waals surface area contributed by atoms with Crippen molar-refractivity contribution in [1.82, 2.24) is 8.80 Å². The van der Waals surface area contributed by atoms with Crippen LogP contribution in [0.15, 0.2) is 158 Å². The number of para-hydroxylation sites is 2. The van der Waals surface area contributed by atoms with Crippen LogP contribution >= 0.6 is 22.7 Å². The standard InChI is InChI=1S/C50H26N2S2/c1-3-19-43-33(9-1)37-15-5-11-29(49(37)53-43)27-21-23-31-35-13-7-17-39-45(35)51(41(31)25-27)47-40-18-8-14-36-32-24-22-28(26-42(32)52(46(36)40)48(39)47)30-12-6-16-38-34-10-2-4-20-44(34)54-50(30)38/h1-26H.